The number of morpholine rings is 1. The Bertz CT molecular complexity index is 520. The summed E-state index contributed by atoms with van der Waals surface area (Å²) in [4.78, 5) is 2.38. The Labute approximate surface area is 127 Å². The van der Waals surface area contributed by atoms with Gasteiger partial charge in [-0.25, -0.2) is 0 Å². The number of hydrogen-bond donors (Lipinski definition) is 1. The second kappa shape index (κ2) is 7.27. The minimum Gasteiger partial charge on any atom is -0.378 e. The quantitative estimate of drug-likeness (QED) is 0.867. The van der Waals surface area contributed by atoms with Gasteiger partial charge in [0.15, 0.2) is 0 Å². The molecule has 1 N–H and O–H groups in total. The van der Waals surface area contributed by atoms with Gasteiger partial charge in [-0.2, -0.15) is 5.10 Å². The number of hydrogen-bond acceptors (Lipinski definition) is 4. The lowest BCUT2D eigenvalue weighted by Crippen LogP contribution is -2.35. The molecule has 0 amide bonds. The van der Waals surface area contributed by atoms with Crippen molar-refractivity contribution >= 4 is 5.71 Å². The first kappa shape index (κ1) is 15.6. The molecule has 0 bridgehead atoms. The van der Waals surface area contributed by atoms with E-state index >= 15 is 0 Å². The fraction of sp³-hybridized carbons (Fsp3) is 0.471. The van der Waals surface area contributed by atoms with Crippen LogP contribution in [-0.4, -0.2) is 36.9 Å². The van der Waals surface area contributed by atoms with Crippen LogP contribution in [0.5, 0.6) is 0 Å². The molecule has 0 saturated carbocycles. The molecule has 0 radical (unpaired) electrons. The van der Waals surface area contributed by atoms with Crippen LogP contribution >= 0.6 is 0 Å². The van der Waals surface area contributed by atoms with E-state index in [0.29, 0.717) is 0 Å². The molecule has 1 saturated heterocycles. The van der Waals surface area contributed by atoms with Crippen LogP contribution in [0.3, 0.4) is 0 Å². The van der Waals surface area contributed by atoms with Gasteiger partial charge in [0.1, 0.15) is 0 Å². The first-order valence-electron chi connectivity index (χ1n) is 7.58. The smallest absolute Gasteiger partial charge is 0.0652 e. The molecule has 2 rings (SSSR count). The average molecular weight is 287 g/mol. The summed E-state index contributed by atoms with van der Waals surface area (Å²) in [7, 11) is 0. The summed E-state index contributed by atoms with van der Waals surface area (Å²) in [6.45, 7) is 13.8. The molecule has 0 aromatic heterocycles. The number of rotatable bonds is 3. The summed E-state index contributed by atoms with van der Waals surface area (Å²) >= 11 is 0. The highest BCUT2D eigenvalue weighted by Crippen LogP contribution is 2.25. The van der Waals surface area contributed by atoms with Gasteiger partial charge in [0, 0.05) is 29.9 Å². The van der Waals surface area contributed by atoms with E-state index in [-0.39, 0.29) is 0 Å². The molecule has 0 spiro atoms. The predicted octanol–water partition coefficient (Wildman–Crippen LogP) is 2.98. The van der Waals surface area contributed by atoms with Gasteiger partial charge in [0.2, 0.25) is 0 Å². The van der Waals surface area contributed by atoms with E-state index in [1.165, 1.54) is 5.70 Å². The monoisotopic (exact) mass is 287 g/mol. The van der Waals surface area contributed by atoms with Crippen LogP contribution < -0.4 is 5.43 Å². The van der Waals surface area contributed by atoms with Crippen molar-refractivity contribution in [2.45, 2.75) is 27.2 Å². The van der Waals surface area contributed by atoms with Crippen molar-refractivity contribution in [1.82, 2.24) is 10.3 Å². The van der Waals surface area contributed by atoms with Gasteiger partial charge in [-0.05, 0) is 26.3 Å². The molecule has 2 heterocycles. The maximum Gasteiger partial charge on any atom is 0.0652 e. The second-order valence-corrected chi connectivity index (χ2v) is 5.18. The average Bonchev–Trinajstić information content (AvgIpc) is 2.51. The van der Waals surface area contributed by atoms with Crippen molar-refractivity contribution in [2.24, 2.45) is 5.10 Å². The highest BCUT2D eigenvalue weighted by molar-refractivity contribution is 6.04. The molecule has 4 heteroatoms. The molecule has 114 valence electrons. The van der Waals surface area contributed by atoms with E-state index in [4.69, 9.17) is 4.74 Å². The Hall–Kier alpha value is -1.81. The number of allylic oxidation sites excluding steroid dienone is 4. The molecular weight excluding hydrogens is 262 g/mol. The van der Waals surface area contributed by atoms with Gasteiger partial charge < -0.3 is 9.64 Å². The number of nitrogens with zero attached hydrogens (tertiary/aromatic N) is 2. The van der Waals surface area contributed by atoms with E-state index in [0.717, 1.165) is 55.3 Å². The molecule has 1 fully saturated rings. The second-order valence-electron chi connectivity index (χ2n) is 5.18. The molecule has 21 heavy (non-hydrogen) atoms. The molecular formula is C17H25N3O. The van der Waals surface area contributed by atoms with E-state index in [9.17, 15) is 0 Å². The molecule has 0 atom stereocenters. The maximum absolute atomic E-state index is 5.45. The molecule has 2 aliphatic rings. The summed E-state index contributed by atoms with van der Waals surface area (Å²) in [6.07, 6.45) is 7.59. The van der Waals surface area contributed by atoms with Crippen LogP contribution in [0.4, 0.5) is 0 Å². The topological polar surface area (TPSA) is 36.9 Å². The van der Waals surface area contributed by atoms with Crippen molar-refractivity contribution in [3.8, 4) is 0 Å². The standard InChI is InChI=1S/C17H25N3O/c1-5-7-15(20-8-10-21-11-9-20)12-17-14(4)19-18-13(3)16(17)6-2/h6-7,12,19H,4-5,8-11H2,1-3H3/b15-7-,16-6-,17-12-. The minimum atomic E-state index is 0.792. The summed E-state index contributed by atoms with van der Waals surface area (Å²) in [5.41, 5.74) is 8.37. The van der Waals surface area contributed by atoms with Crippen LogP contribution in [0.25, 0.3) is 0 Å². The Morgan fingerprint density at radius 2 is 2.10 bits per heavy atom. The first-order valence-corrected chi connectivity index (χ1v) is 7.58. The lowest BCUT2D eigenvalue weighted by Gasteiger charge is -2.31. The van der Waals surface area contributed by atoms with Gasteiger partial charge in [-0.1, -0.05) is 25.7 Å². The van der Waals surface area contributed by atoms with Gasteiger partial charge in [0.25, 0.3) is 0 Å². The van der Waals surface area contributed by atoms with E-state index in [2.05, 4.69) is 47.2 Å². The zero-order chi connectivity index (χ0) is 15.2. The fourth-order valence-electron chi connectivity index (χ4n) is 2.62. The maximum atomic E-state index is 5.45. The van der Waals surface area contributed by atoms with Crippen LogP contribution in [0.15, 0.2) is 52.4 Å². The first-order chi connectivity index (χ1) is 10.2. The van der Waals surface area contributed by atoms with Crippen molar-refractivity contribution in [1.29, 1.82) is 0 Å². The Morgan fingerprint density at radius 3 is 2.71 bits per heavy atom. The normalized spacial score (nSPS) is 24.3. The highest BCUT2D eigenvalue weighted by Gasteiger charge is 2.19. The molecule has 0 unspecified atom stereocenters. The van der Waals surface area contributed by atoms with Crippen molar-refractivity contribution < 1.29 is 4.74 Å². The lowest BCUT2D eigenvalue weighted by molar-refractivity contribution is 0.0552. The predicted molar refractivity (Wildman–Crippen MR) is 88.0 cm³/mol. The van der Waals surface area contributed by atoms with Gasteiger partial charge >= 0.3 is 0 Å². The number of ether oxygens (including phenoxy) is 1. The fourth-order valence-corrected chi connectivity index (χ4v) is 2.62. The van der Waals surface area contributed by atoms with Crippen molar-refractivity contribution in [2.75, 3.05) is 26.3 Å². The van der Waals surface area contributed by atoms with Crippen LogP contribution in [0.1, 0.15) is 27.2 Å². The molecule has 4 nitrogen and oxygen atoms in total. The molecule has 2 aliphatic heterocycles. The third-order valence-electron chi connectivity index (χ3n) is 3.73. The van der Waals surface area contributed by atoms with Gasteiger partial charge in [-0.15, -0.1) is 0 Å². The third kappa shape index (κ3) is 3.64. The Kier molecular flexibility index (Phi) is 5.39. The van der Waals surface area contributed by atoms with E-state index in [1.54, 1.807) is 0 Å². The van der Waals surface area contributed by atoms with Crippen LogP contribution in [-0.2, 0) is 4.74 Å². The summed E-state index contributed by atoms with van der Waals surface area (Å²) in [5, 5.41) is 4.28. The number of hydrazone groups is 1. The highest BCUT2D eigenvalue weighted by atomic mass is 16.5. The van der Waals surface area contributed by atoms with E-state index < -0.39 is 0 Å². The van der Waals surface area contributed by atoms with Crippen molar-refractivity contribution in [3.63, 3.8) is 0 Å². The van der Waals surface area contributed by atoms with E-state index in [1.807, 2.05) is 13.8 Å². The van der Waals surface area contributed by atoms with Gasteiger partial charge in [-0.3, -0.25) is 5.43 Å². The Morgan fingerprint density at radius 1 is 1.38 bits per heavy atom. The molecule has 0 aliphatic carbocycles. The van der Waals surface area contributed by atoms with Crippen LogP contribution in [0, 0.1) is 0 Å². The van der Waals surface area contributed by atoms with Crippen LogP contribution in [0.2, 0.25) is 0 Å². The SMILES string of the molecule is C=C1NN=C(C)C(=C/C)/C1=C\C(=C\CC)N1CCOCC1. The lowest BCUT2D eigenvalue weighted by atomic mass is 9.96. The minimum absolute atomic E-state index is 0.792. The largest absolute Gasteiger partial charge is 0.378 e. The zero-order valence-corrected chi connectivity index (χ0v) is 13.3. The van der Waals surface area contributed by atoms with Crippen molar-refractivity contribution in [3.05, 3.63) is 47.3 Å². The summed E-state index contributed by atoms with van der Waals surface area (Å²) in [5.74, 6) is 0. The molecule has 0 aromatic carbocycles. The number of nitrogens with one attached hydrogen (secondary N) is 1. The third-order valence-corrected chi connectivity index (χ3v) is 3.73. The Balaban J connectivity index is 2.34. The summed E-state index contributed by atoms with van der Waals surface area (Å²) in [6, 6.07) is 0. The zero-order valence-electron chi connectivity index (χ0n) is 13.3. The molecule has 0 aromatic rings. The summed E-state index contributed by atoms with van der Waals surface area (Å²) < 4.78 is 5.45. The van der Waals surface area contributed by atoms with Gasteiger partial charge in [0.05, 0.1) is 24.6 Å².